The zero-order valence-corrected chi connectivity index (χ0v) is 22.1. The summed E-state index contributed by atoms with van der Waals surface area (Å²) in [6.45, 7) is 2.80. The van der Waals surface area contributed by atoms with E-state index in [2.05, 4.69) is 27.7 Å². The van der Waals surface area contributed by atoms with Gasteiger partial charge in [-0.25, -0.2) is 9.37 Å². The highest BCUT2D eigenvalue weighted by atomic mass is 19.1. The smallest absolute Gasteiger partial charge is 0.254 e. The van der Waals surface area contributed by atoms with Crippen molar-refractivity contribution >= 4 is 33.5 Å². The summed E-state index contributed by atoms with van der Waals surface area (Å²) in [6.07, 6.45) is -0.185. The number of carbonyl (C=O) groups excluding carboxylic acids is 1. The Kier molecular flexibility index (Phi) is 6.56. The van der Waals surface area contributed by atoms with Crippen molar-refractivity contribution in [3.8, 4) is 17.3 Å². The van der Waals surface area contributed by atoms with Gasteiger partial charge in [0, 0.05) is 49.8 Å². The van der Waals surface area contributed by atoms with Crippen LogP contribution >= 0.6 is 0 Å². The van der Waals surface area contributed by atoms with Crippen LogP contribution in [0, 0.1) is 0 Å². The van der Waals surface area contributed by atoms with Crippen LogP contribution in [0.2, 0.25) is 0 Å². The van der Waals surface area contributed by atoms with Gasteiger partial charge in [0.25, 0.3) is 5.91 Å². The molecule has 3 N–H and O–H groups in total. The Morgan fingerprint density at radius 3 is 2.77 bits per heavy atom. The van der Waals surface area contributed by atoms with Gasteiger partial charge < -0.3 is 34.8 Å². The highest BCUT2D eigenvalue weighted by Gasteiger charge is 2.31. The topological polar surface area (TPSA) is 111 Å². The number of nitrogens with two attached hydrogens (primary N) is 1. The molecule has 1 amide bonds. The van der Waals surface area contributed by atoms with Crippen molar-refractivity contribution in [2.75, 3.05) is 51.9 Å². The molecule has 0 unspecified atom stereocenters. The number of hydrogen-bond acceptors (Lipinski definition) is 7. The number of piperidine rings is 1. The number of para-hydroxylation sites is 1. The number of fused-ring (bicyclic) bond motifs is 1. The summed E-state index contributed by atoms with van der Waals surface area (Å²) in [6, 6.07) is 11.3. The number of hydrogen-bond donors (Lipinski definition) is 2. The fraction of sp³-hybridized carbons (Fsp3) is 0.429. The van der Waals surface area contributed by atoms with Crippen molar-refractivity contribution in [2.24, 2.45) is 5.73 Å². The quantitative estimate of drug-likeness (QED) is 0.373. The molecule has 2 aromatic heterocycles. The lowest BCUT2D eigenvalue weighted by Crippen LogP contribution is -2.50. The van der Waals surface area contributed by atoms with E-state index >= 15 is 0 Å². The molecule has 206 valence electrons. The standard InChI is InChI=1S/C28H33FN6O4/c1-38-24-13-18(28(37)33-15-19(29)14-20(30)16-33)11-21-26(24)35(39-2)27(31-21)23-12-17-5-3-6-22-25(17)34(23)9-8-32(22)7-4-10-36/h3,5-6,11-13,19-20,36H,4,7-10,14-16,30H2,1-2H3/t19-,20-/m1/s1. The lowest BCUT2D eigenvalue weighted by molar-refractivity contribution is 0.0606. The molecular formula is C28H33FN6O4. The first kappa shape index (κ1) is 25.4. The van der Waals surface area contributed by atoms with E-state index in [4.69, 9.17) is 20.3 Å². The Bertz CT molecular complexity index is 1540. The van der Waals surface area contributed by atoms with Gasteiger partial charge in [-0.3, -0.25) is 4.79 Å². The van der Waals surface area contributed by atoms with Gasteiger partial charge in [-0.1, -0.05) is 12.1 Å². The Morgan fingerprint density at radius 1 is 1.18 bits per heavy atom. The van der Waals surface area contributed by atoms with E-state index in [1.54, 1.807) is 24.0 Å². The molecule has 0 saturated carbocycles. The van der Waals surface area contributed by atoms with Crippen molar-refractivity contribution in [1.82, 2.24) is 19.2 Å². The van der Waals surface area contributed by atoms with Gasteiger partial charge in [0.15, 0.2) is 5.82 Å². The number of aliphatic hydroxyl groups excluding tert-OH is 1. The number of methoxy groups -OCH3 is 1. The molecular weight excluding hydrogens is 503 g/mol. The zero-order chi connectivity index (χ0) is 27.3. The normalized spacial score (nSPS) is 19.2. The van der Waals surface area contributed by atoms with E-state index in [0.717, 1.165) is 41.9 Å². The highest BCUT2D eigenvalue weighted by molar-refractivity contribution is 6.01. The number of aliphatic hydroxyl groups is 1. The molecule has 2 aliphatic rings. The maximum atomic E-state index is 14.2. The molecule has 4 aromatic rings. The number of alkyl halides is 1. The Morgan fingerprint density at radius 2 is 2.03 bits per heavy atom. The van der Waals surface area contributed by atoms with Gasteiger partial charge in [-0.2, -0.15) is 4.73 Å². The SMILES string of the molecule is COc1cc(C(=O)N2C[C@H](N)C[C@@H](F)C2)cc2nc(-c3cc4cccc5c4n3CCN5CCCO)n(OC)c12. The van der Waals surface area contributed by atoms with Gasteiger partial charge in [0.2, 0.25) is 0 Å². The fourth-order valence-corrected chi connectivity index (χ4v) is 6.00. The number of carbonyl (C=O) groups is 1. The van der Waals surface area contributed by atoms with E-state index in [9.17, 15) is 14.3 Å². The Labute approximate surface area is 225 Å². The second-order valence-electron chi connectivity index (χ2n) is 10.2. The molecule has 0 aliphatic carbocycles. The summed E-state index contributed by atoms with van der Waals surface area (Å²) in [5, 5.41) is 10.4. The van der Waals surface area contributed by atoms with Crippen LogP contribution in [0.5, 0.6) is 5.75 Å². The predicted molar refractivity (Wildman–Crippen MR) is 147 cm³/mol. The summed E-state index contributed by atoms with van der Waals surface area (Å²) in [5.74, 6) is 0.711. The third-order valence-corrected chi connectivity index (χ3v) is 7.69. The number of amides is 1. The maximum absolute atomic E-state index is 14.2. The summed E-state index contributed by atoms with van der Waals surface area (Å²) in [4.78, 5) is 27.9. The number of ether oxygens (including phenoxy) is 1. The van der Waals surface area contributed by atoms with Crippen molar-refractivity contribution in [3.05, 3.63) is 42.0 Å². The minimum atomic E-state index is -1.15. The van der Waals surface area contributed by atoms with Gasteiger partial charge in [0.1, 0.15) is 24.5 Å². The number of imidazole rings is 1. The molecule has 0 spiro atoms. The van der Waals surface area contributed by atoms with Crippen molar-refractivity contribution in [2.45, 2.75) is 31.6 Å². The van der Waals surface area contributed by atoms with Gasteiger partial charge >= 0.3 is 0 Å². The minimum Gasteiger partial charge on any atom is -0.494 e. The van der Waals surface area contributed by atoms with E-state index in [1.807, 2.05) is 6.07 Å². The largest absolute Gasteiger partial charge is 0.494 e. The molecule has 4 heterocycles. The lowest BCUT2D eigenvalue weighted by Gasteiger charge is -2.33. The molecule has 1 saturated heterocycles. The van der Waals surface area contributed by atoms with Gasteiger partial charge in [0.05, 0.1) is 36.1 Å². The van der Waals surface area contributed by atoms with Crippen LogP contribution in [0.3, 0.4) is 0 Å². The summed E-state index contributed by atoms with van der Waals surface area (Å²) in [7, 11) is 3.10. The number of benzene rings is 2. The molecule has 2 aliphatic heterocycles. The highest BCUT2D eigenvalue weighted by Crippen LogP contribution is 2.39. The monoisotopic (exact) mass is 536 g/mol. The Balaban J connectivity index is 1.47. The molecule has 39 heavy (non-hydrogen) atoms. The minimum absolute atomic E-state index is 0.0163. The lowest BCUT2D eigenvalue weighted by atomic mass is 10.0. The molecule has 2 atom stereocenters. The molecule has 1 fully saturated rings. The fourth-order valence-electron chi connectivity index (χ4n) is 6.00. The van der Waals surface area contributed by atoms with E-state index in [1.165, 1.54) is 12.0 Å². The molecule has 2 aromatic carbocycles. The number of rotatable bonds is 7. The third kappa shape index (κ3) is 4.25. The summed E-state index contributed by atoms with van der Waals surface area (Å²) in [5.41, 5.74) is 10.6. The molecule has 11 heteroatoms. The first-order valence-corrected chi connectivity index (χ1v) is 13.3. The van der Waals surface area contributed by atoms with E-state index in [0.29, 0.717) is 41.1 Å². The average molecular weight is 537 g/mol. The number of likely N-dealkylation sites (tertiary alicyclic amines) is 1. The summed E-state index contributed by atoms with van der Waals surface area (Å²) >= 11 is 0. The van der Waals surface area contributed by atoms with E-state index in [-0.39, 0.29) is 25.5 Å². The second-order valence-corrected chi connectivity index (χ2v) is 10.2. The first-order chi connectivity index (χ1) is 18.9. The van der Waals surface area contributed by atoms with Crippen molar-refractivity contribution in [3.63, 3.8) is 0 Å². The zero-order valence-electron chi connectivity index (χ0n) is 22.1. The van der Waals surface area contributed by atoms with Crippen LogP contribution in [-0.2, 0) is 6.54 Å². The van der Waals surface area contributed by atoms with Gasteiger partial charge in [-0.05, 0) is 37.1 Å². The third-order valence-electron chi connectivity index (χ3n) is 7.69. The number of nitrogens with zero attached hydrogens (tertiary/aromatic N) is 5. The molecule has 0 bridgehead atoms. The molecule has 0 radical (unpaired) electrons. The van der Waals surface area contributed by atoms with Gasteiger partial charge in [-0.15, -0.1) is 0 Å². The Hall–Kier alpha value is -3.83. The predicted octanol–water partition coefficient (Wildman–Crippen LogP) is 2.44. The van der Waals surface area contributed by atoms with Crippen LogP contribution < -0.4 is 20.2 Å². The van der Waals surface area contributed by atoms with E-state index < -0.39 is 12.2 Å². The second kappa shape index (κ2) is 10.0. The average Bonchev–Trinajstić information content (AvgIpc) is 3.50. The van der Waals surface area contributed by atoms with Crippen LogP contribution in [0.25, 0.3) is 33.5 Å². The maximum Gasteiger partial charge on any atom is 0.254 e. The molecule has 6 rings (SSSR count). The van der Waals surface area contributed by atoms with Crippen molar-refractivity contribution < 1.29 is 23.9 Å². The van der Waals surface area contributed by atoms with Crippen LogP contribution in [0.15, 0.2) is 36.4 Å². The number of anilines is 1. The first-order valence-electron chi connectivity index (χ1n) is 13.3. The summed E-state index contributed by atoms with van der Waals surface area (Å²) < 4.78 is 23.7. The van der Waals surface area contributed by atoms with Crippen LogP contribution in [-0.4, -0.2) is 89.4 Å². The van der Waals surface area contributed by atoms with Crippen LogP contribution in [0.4, 0.5) is 10.1 Å². The van der Waals surface area contributed by atoms with Crippen molar-refractivity contribution in [1.29, 1.82) is 0 Å². The number of aromatic nitrogens is 3. The van der Waals surface area contributed by atoms with Crippen LogP contribution in [0.1, 0.15) is 23.2 Å². The molecule has 10 nitrogen and oxygen atoms in total. The number of halogens is 1.